The molecule has 4 heterocycles. The van der Waals surface area contributed by atoms with E-state index in [4.69, 9.17) is 30.5 Å². The van der Waals surface area contributed by atoms with Gasteiger partial charge in [-0.15, -0.1) is 0 Å². The number of hydrogen-bond donors (Lipinski definition) is 2. The van der Waals surface area contributed by atoms with Gasteiger partial charge in [0.15, 0.2) is 18.1 Å². The summed E-state index contributed by atoms with van der Waals surface area (Å²) in [5.74, 6) is 1.85. The number of piperidine rings is 1. The molecular weight excluding hydrogens is 562 g/mol. The van der Waals surface area contributed by atoms with E-state index in [1.165, 1.54) is 0 Å². The topological polar surface area (TPSA) is 116 Å². The van der Waals surface area contributed by atoms with Crippen molar-refractivity contribution in [2.45, 2.75) is 44.5 Å². The standard InChI is InChI=1S/C30H36ClN5O6/c1-39-26-7-3-20-4-8-29(37)32-15-21-5-6-23(14-27(21)40-2)42-25-9-10-35(11-12-36-17-22(31)16-33-36)18-24(25)34-30(38)19-41-28(26)13-20/h3,5-7,13-14,16-17,24-25H,4,8-12,15,18-19H2,1-2H3,(H,32,37)(H,34,38)/t24-,25+/m1/s1. The number of nitrogens with zero attached hydrogens (tertiary/aromatic N) is 3. The van der Waals surface area contributed by atoms with E-state index in [0.29, 0.717) is 66.9 Å². The molecule has 0 saturated carbocycles. The number of benzene rings is 2. The largest absolute Gasteiger partial charge is 0.496 e. The highest BCUT2D eigenvalue weighted by atomic mass is 35.5. The number of likely N-dealkylation sites (tertiary alicyclic amines) is 1. The van der Waals surface area contributed by atoms with Gasteiger partial charge >= 0.3 is 0 Å². The highest BCUT2D eigenvalue weighted by Gasteiger charge is 2.32. The SMILES string of the molecule is COc1cc2ccc1CNC(=O)CCc1ccc(OC)c(c1)OCC(=O)N[C@@H]1CN(CCn3cc(Cl)cn3)CC[C@@H]1O2. The van der Waals surface area contributed by atoms with Gasteiger partial charge in [-0.1, -0.05) is 17.7 Å². The highest BCUT2D eigenvalue weighted by molar-refractivity contribution is 6.30. The van der Waals surface area contributed by atoms with E-state index in [1.807, 2.05) is 30.3 Å². The zero-order valence-electron chi connectivity index (χ0n) is 23.8. The third kappa shape index (κ3) is 7.65. The van der Waals surface area contributed by atoms with Crippen molar-refractivity contribution in [1.29, 1.82) is 0 Å². The number of aromatic nitrogens is 2. The molecule has 1 aromatic heterocycles. The first-order valence-corrected chi connectivity index (χ1v) is 14.4. The summed E-state index contributed by atoms with van der Waals surface area (Å²) >= 11 is 6.02. The van der Waals surface area contributed by atoms with Crippen molar-refractivity contribution >= 4 is 23.4 Å². The maximum atomic E-state index is 13.2. The van der Waals surface area contributed by atoms with Crippen molar-refractivity contribution in [1.82, 2.24) is 25.3 Å². The number of fused-ring (bicyclic) bond motifs is 9. The smallest absolute Gasteiger partial charge is 0.258 e. The lowest BCUT2D eigenvalue weighted by Crippen LogP contribution is -2.58. The van der Waals surface area contributed by atoms with Gasteiger partial charge in [-0.3, -0.25) is 19.2 Å². The molecule has 4 bridgehead atoms. The van der Waals surface area contributed by atoms with E-state index in [2.05, 4.69) is 20.6 Å². The van der Waals surface area contributed by atoms with Gasteiger partial charge in [-0.25, -0.2) is 0 Å². The third-order valence-electron chi connectivity index (χ3n) is 7.48. The van der Waals surface area contributed by atoms with Gasteiger partial charge in [0.05, 0.1) is 38.0 Å². The zero-order valence-corrected chi connectivity index (χ0v) is 24.6. The Kier molecular flexibility index (Phi) is 9.70. The fraction of sp³-hybridized carbons (Fsp3) is 0.433. The molecule has 2 aromatic carbocycles. The monoisotopic (exact) mass is 597 g/mol. The number of hydrogen-bond acceptors (Lipinski definition) is 8. The number of methoxy groups -OCH3 is 2. The van der Waals surface area contributed by atoms with E-state index in [-0.39, 0.29) is 30.6 Å². The van der Waals surface area contributed by atoms with Crippen molar-refractivity contribution in [3.8, 4) is 23.0 Å². The van der Waals surface area contributed by atoms with Crippen molar-refractivity contribution in [2.24, 2.45) is 0 Å². The second-order valence-electron chi connectivity index (χ2n) is 10.4. The fourth-order valence-corrected chi connectivity index (χ4v) is 5.38. The van der Waals surface area contributed by atoms with Crippen LogP contribution in [-0.4, -0.2) is 79.1 Å². The molecule has 0 radical (unpaired) electrons. The van der Waals surface area contributed by atoms with Crippen molar-refractivity contribution < 1.29 is 28.5 Å². The molecule has 3 aliphatic rings. The maximum Gasteiger partial charge on any atom is 0.258 e. The molecule has 1 fully saturated rings. The Morgan fingerprint density at radius 3 is 2.69 bits per heavy atom. The summed E-state index contributed by atoms with van der Waals surface area (Å²) < 4.78 is 25.2. The maximum absolute atomic E-state index is 13.2. The minimum absolute atomic E-state index is 0.0850. The Labute approximate surface area is 250 Å². The molecule has 3 aromatic rings. The minimum atomic E-state index is -0.295. The van der Waals surface area contributed by atoms with Crippen LogP contribution in [0.3, 0.4) is 0 Å². The molecule has 12 heteroatoms. The second kappa shape index (κ2) is 13.8. The molecule has 0 unspecified atom stereocenters. The fourth-order valence-electron chi connectivity index (χ4n) is 5.23. The Bertz CT molecular complexity index is 1400. The van der Waals surface area contributed by atoms with Gasteiger partial charge in [0.1, 0.15) is 17.6 Å². The van der Waals surface area contributed by atoms with E-state index in [1.54, 1.807) is 37.4 Å². The molecule has 2 N–H and O–H groups in total. The van der Waals surface area contributed by atoms with Crippen LogP contribution in [0.1, 0.15) is 24.0 Å². The molecule has 0 spiro atoms. The lowest BCUT2D eigenvalue weighted by Gasteiger charge is -2.38. The van der Waals surface area contributed by atoms with Crippen molar-refractivity contribution in [2.75, 3.05) is 40.5 Å². The number of amides is 2. The predicted molar refractivity (Wildman–Crippen MR) is 156 cm³/mol. The van der Waals surface area contributed by atoms with Crippen molar-refractivity contribution in [3.05, 3.63) is 64.9 Å². The van der Waals surface area contributed by atoms with Gasteiger partial charge in [0.25, 0.3) is 5.91 Å². The highest BCUT2D eigenvalue weighted by Crippen LogP contribution is 2.30. The molecular formula is C30H36ClN5O6. The van der Waals surface area contributed by atoms with Crippen LogP contribution in [-0.2, 0) is 29.1 Å². The van der Waals surface area contributed by atoms with E-state index in [9.17, 15) is 9.59 Å². The van der Waals surface area contributed by atoms with Crippen LogP contribution in [0.5, 0.6) is 23.0 Å². The summed E-state index contributed by atoms with van der Waals surface area (Å²) in [4.78, 5) is 28.0. The Hall–Kier alpha value is -3.96. The Morgan fingerprint density at radius 1 is 1.05 bits per heavy atom. The number of carbonyl (C=O) groups excluding carboxylic acids is 2. The van der Waals surface area contributed by atoms with Crippen molar-refractivity contribution in [3.63, 3.8) is 0 Å². The van der Waals surface area contributed by atoms with E-state index >= 15 is 0 Å². The summed E-state index contributed by atoms with van der Waals surface area (Å²) in [6.45, 7) is 2.92. The number of ether oxygens (including phenoxy) is 4. The van der Waals surface area contributed by atoms with Crippen LogP contribution in [0.2, 0.25) is 5.02 Å². The quantitative estimate of drug-likeness (QED) is 0.461. The van der Waals surface area contributed by atoms with Gasteiger partial charge in [-0.05, 0) is 42.7 Å². The minimum Gasteiger partial charge on any atom is -0.496 e. The van der Waals surface area contributed by atoms with Gasteiger partial charge < -0.3 is 29.6 Å². The summed E-state index contributed by atoms with van der Waals surface area (Å²) in [6, 6.07) is 10.8. The summed E-state index contributed by atoms with van der Waals surface area (Å²) in [5, 5.41) is 11.0. The van der Waals surface area contributed by atoms with Crippen LogP contribution < -0.4 is 29.6 Å². The third-order valence-corrected chi connectivity index (χ3v) is 7.67. The summed E-state index contributed by atoms with van der Waals surface area (Å²) in [5.41, 5.74) is 1.74. The second-order valence-corrected chi connectivity index (χ2v) is 10.8. The van der Waals surface area contributed by atoms with E-state index in [0.717, 1.165) is 24.2 Å². The molecule has 3 aliphatic heterocycles. The molecule has 11 nitrogen and oxygen atoms in total. The number of halogens is 1. The first kappa shape index (κ1) is 29.5. The number of nitrogens with one attached hydrogen (secondary N) is 2. The van der Waals surface area contributed by atoms with Crippen LogP contribution in [0.15, 0.2) is 48.8 Å². The normalized spacial score (nSPS) is 20.1. The Balaban J connectivity index is 1.37. The summed E-state index contributed by atoms with van der Waals surface area (Å²) in [7, 11) is 3.14. The number of rotatable bonds is 5. The van der Waals surface area contributed by atoms with Crippen LogP contribution in [0.4, 0.5) is 0 Å². The van der Waals surface area contributed by atoms with Crippen LogP contribution in [0, 0.1) is 0 Å². The van der Waals surface area contributed by atoms with Gasteiger partial charge in [-0.2, -0.15) is 5.10 Å². The average molecular weight is 598 g/mol. The molecule has 2 atom stereocenters. The van der Waals surface area contributed by atoms with Gasteiger partial charge in [0.2, 0.25) is 5.91 Å². The molecule has 6 rings (SSSR count). The first-order valence-electron chi connectivity index (χ1n) is 14.0. The number of carbonyl (C=O) groups is 2. The number of aryl methyl sites for hydroxylation is 1. The van der Waals surface area contributed by atoms with Crippen LogP contribution >= 0.6 is 11.6 Å². The lowest BCUT2D eigenvalue weighted by atomic mass is 10.0. The molecule has 224 valence electrons. The summed E-state index contributed by atoms with van der Waals surface area (Å²) in [6.07, 6.45) is 4.63. The average Bonchev–Trinajstić information content (AvgIpc) is 3.42. The van der Waals surface area contributed by atoms with Gasteiger partial charge in [0, 0.05) is 50.4 Å². The van der Waals surface area contributed by atoms with E-state index < -0.39 is 0 Å². The molecule has 1 saturated heterocycles. The molecule has 2 amide bonds. The predicted octanol–water partition coefficient (Wildman–Crippen LogP) is 2.83. The van der Waals surface area contributed by atoms with Crippen LogP contribution in [0.25, 0.3) is 0 Å². The Morgan fingerprint density at radius 2 is 1.90 bits per heavy atom. The molecule has 0 aliphatic carbocycles. The molecule has 42 heavy (non-hydrogen) atoms. The first-order chi connectivity index (χ1) is 20.4. The lowest BCUT2D eigenvalue weighted by molar-refractivity contribution is -0.125. The zero-order chi connectivity index (χ0) is 29.5.